The molecule has 1 aromatic rings. The summed E-state index contributed by atoms with van der Waals surface area (Å²) in [7, 11) is 0. The number of aliphatic hydroxyl groups is 1. The maximum Gasteiger partial charge on any atom is 0.123 e. The number of benzene rings is 1. The zero-order valence-corrected chi connectivity index (χ0v) is 11.8. The first-order valence-corrected chi connectivity index (χ1v) is 7.40. The molecule has 1 N–H and O–H groups in total. The van der Waals surface area contributed by atoms with Crippen LogP contribution in [0, 0.1) is 0 Å². The molecule has 0 radical (unpaired) electrons. The minimum atomic E-state index is -0.104. The average Bonchev–Trinajstić information content (AvgIpc) is 2.43. The first-order valence-electron chi connectivity index (χ1n) is 7.40. The summed E-state index contributed by atoms with van der Waals surface area (Å²) in [6.45, 7) is 5.85. The summed E-state index contributed by atoms with van der Waals surface area (Å²) in [6, 6.07) is 8.31. The van der Waals surface area contributed by atoms with E-state index in [1.165, 1.54) is 5.56 Å². The Bertz CT molecular complexity index is 373. The number of aliphatic hydroxyl groups excluding tert-OH is 1. The molecule has 1 aliphatic heterocycles. The lowest BCUT2D eigenvalue weighted by Gasteiger charge is -2.29. The van der Waals surface area contributed by atoms with Gasteiger partial charge in [-0.15, -0.1) is 0 Å². The van der Waals surface area contributed by atoms with E-state index in [4.69, 9.17) is 4.74 Å². The first kappa shape index (κ1) is 14.4. The van der Waals surface area contributed by atoms with Gasteiger partial charge in [-0.3, -0.25) is 4.90 Å². The molecule has 0 atom stereocenters. The minimum absolute atomic E-state index is 0.104. The molecule has 0 amide bonds. The second-order valence-corrected chi connectivity index (χ2v) is 5.32. The molecule has 0 spiro atoms. The largest absolute Gasteiger partial charge is 0.493 e. The van der Waals surface area contributed by atoms with Crippen molar-refractivity contribution in [3.05, 3.63) is 29.8 Å². The highest BCUT2D eigenvalue weighted by Crippen LogP contribution is 2.22. The Balaban J connectivity index is 1.91. The van der Waals surface area contributed by atoms with Crippen LogP contribution < -0.4 is 4.74 Å². The number of likely N-dealkylation sites (tertiary alicyclic amines) is 1. The second kappa shape index (κ2) is 7.51. The lowest BCUT2D eigenvalue weighted by Crippen LogP contribution is -2.35. The number of nitrogens with zero attached hydrogens (tertiary/aromatic N) is 1. The molecule has 1 aromatic carbocycles. The average molecular weight is 263 g/mol. The smallest absolute Gasteiger partial charge is 0.123 e. The minimum Gasteiger partial charge on any atom is -0.493 e. The number of unbranched alkanes of at least 4 members (excludes halogenated alkanes) is 1. The predicted molar refractivity (Wildman–Crippen MR) is 77.4 cm³/mol. The van der Waals surface area contributed by atoms with Gasteiger partial charge < -0.3 is 9.84 Å². The Kier molecular flexibility index (Phi) is 5.67. The van der Waals surface area contributed by atoms with Crippen LogP contribution in [0.4, 0.5) is 0 Å². The summed E-state index contributed by atoms with van der Waals surface area (Å²) >= 11 is 0. The van der Waals surface area contributed by atoms with Gasteiger partial charge in [0.2, 0.25) is 0 Å². The Morgan fingerprint density at radius 2 is 2.00 bits per heavy atom. The molecule has 3 heteroatoms. The van der Waals surface area contributed by atoms with Crippen LogP contribution >= 0.6 is 0 Å². The third-order valence-electron chi connectivity index (χ3n) is 3.68. The lowest BCUT2D eigenvalue weighted by molar-refractivity contribution is 0.0788. The summed E-state index contributed by atoms with van der Waals surface area (Å²) in [4.78, 5) is 2.40. The highest BCUT2D eigenvalue weighted by molar-refractivity contribution is 5.33. The van der Waals surface area contributed by atoms with Gasteiger partial charge in [0.25, 0.3) is 0 Å². The Morgan fingerprint density at radius 1 is 1.26 bits per heavy atom. The van der Waals surface area contributed by atoms with Crippen LogP contribution in [-0.4, -0.2) is 35.8 Å². The second-order valence-electron chi connectivity index (χ2n) is 5.32. The number of rotatable bonds is 6. The lowest BCUT2D eigenvalue weighted by atomic mass is 10.1. The van der Waals surface area contributed by atoms with Crippen molar-refractivity contribution in [3.63, 3.8) is 0 Å². The van der Waals surface area contributed by atoms with Gasteiger partial charge in [-0.1, -0.05) is 31.5 Å². The van der Waals surface area contributed by atoms with Gasteiger partial charge in [0, 0.05) is 25.2 Å². The molecule has 1 fully saturated rings. The van der Waals surface area contributed by atoms with Gasteiger partial charge in [-0.2, -0.15) is 0 Å². The monoisotopic (exact) mass is 263 g/mol. The van der Waals surface area contributed by atoms with E-state index in [0.29, 0.717) is 0 Å². The number of hydrogen-bond acceptors (Lipinski definition) is 3. The number of para-hydroxylation sites is 1. The summed E-state index contributed by atoms with van der Waals surface area (Å²) in [5.74, 6) is 1.02. The molecule has 3 nitrogen and oxygen atoms in total. The predicted octanol–water partition coefficient (Wildman–Crippen LogP) is 2.82. The van der Waals surface area contributed by atoms with E-state index in [0.717, 1.165) is 57.7 Å². The highest BCUT2D eigenvalue weighted by atomic mass is 16.5. The highest BCUT2D eigenvalue weighted by Gasteiger charge is 2.17. The fraction of sp³-hybridized carbons (Fsp3) is 0.625. The van der Waals surface area contributed by atoms with Crippen LogP contribution in [0.3, 0.4) is 0 Å². The van der Waals surface area contributed by atoms with Gasteiger partial charge in [0.05, 0.1) is 12.7 Å². The van der Waals surface area contributed by atoms with Gasteiger partial charge in [0.15, 0.2) is 0 Å². The zero-order chi connectivity index (χ0) is 13.5. The molecule has 0 unspecified atom stereocenters. The fourth-order valence-corrected chi connectivity index (χ4v) is 2.42. The summed E-state index contributed by atoms with van der Waals surface area (Å²) in [5.41, 5.74) is 1.26. The van der Waals surface area contributed by atoms with Crippen molar-refractivity contribution in [2.45, 2.75) is 45.3 Å². The van der Waals surface area contributed by atoms with Gasteiger partial charge in [-0.05, 0) is 25.3 Å². The maximum absolute atomic E-state index is 9.54. The third kappa shape index (κ3) is 4.51. The normalized spacial score (nSPS) is 17.6. The van der Waals surface area contributed by atoms with Crippen LogP contribution in [0.5, 0.6) is 5.75 Å². The van der Waals surface area contributed by atoms with Crippen LogP contribution in [-0.2, 0) is 6.54 Å². The summed E-state index contributed by atoms with van der Waals surface area (Å²) < 4.78 is 5.86. The van der Waals surface area contributed by atoms with E-state index in [1.807, 2.05) is 6.07 Å². The van der Waals surface area contributed by atoms with E-state index < -0.39 is 0 Å². The van der Waals surface area contributed by atoms with Crippen molar-refractivity contribution in [1.82, 2.24) is 4.90 Å². The van der Waals surface area contributed by atoms with Gasteiger partial charge in [0.1, 0.15) is 5.75 Å². The maximum atomic E-state index is 9.54. The van der Waals surface area contributed by atoms with Crippen molar-refractivity contribution >= 4 is 0 Å². The Labute approximate surface area is 116 Å². The molecular weight excluding hydrogens is 238 g/mol. The molecule has 0 aromatic heterocycles. The fourth-order valence-electron chi connectivity index (χ4n) is 2.42. The number of ether oxygens (including phenoxy) is 1. The first-order chi connectivity index (χ1) is 9.29. The topological polar surface area (TPSA) is 32.7 Å². The number of hydrogen-bond donors (Lipinski definition) is 1. The molecule has 1 aliphatic rings. The summed E-state index contributed by atoms with van der Waals surface area (Å²) in [6.07, 6.45) is 3.93. The summed E-state index contributed by atoms with van der Waals surface area (Å²) in [5, 5.41) is 9.54. The quantitative estimate of drug-likeness (QED) is 0.801. The van der Waals surface area contributed by atoms with E-state index in [2.05, 4.69) is 30.0 Å². The number of piperidine rings is 1. The molecule has 0 saturated carbocycles. The molecular formula is C16H25NO2. The van der Waals surface area contributed by atoms with Crippen LogP contribution in [0.25, 0.3) is 0 Å². The molecule has 0 bridgehead atoms. The molecule has 1 heterocycles. The molecule has 2 rings (SSSR count). The van der Waals surface area contributed by atoms with Crippen molar-refractivity contribution < 1.29 is 9.84 Å². The molecule has 19 heavy (non-hydrogen) atoms. The zero-order valence-electron chi connectivity index (χ0n) is 11.8. The molecule has 0 aliphatic carbocycles. The third-order valence-corrected chi connectivity index (χ3v) is 3.68. The van der Waals surface area contributed by atoms with Crippen molar-refractivity contribution in [1.29, 1.82) is 0 Å². The van der Waals surface area contributed by atoms with E-state index in [9.17, 15) is 5.11 Å². The van der Waals surface area contributed by atoms with E-state index in [-0.39, 0.29) is 6.10 Å². The standard InChI is InChI=1S/C16H25NO2/c1-2-3-12-19-16-7-5-4-6-14(16)13-17-10-8-15(18)9-11-17/h4-7,15,18H,2-3,8-13H2,1H3. The van der Waals surface area contributed by atoms with E-state index in [1.54, 1.807) is 0 Å². The SMILES string of the molecule is CCCCOc1ccccc1CN1CCC(O)CC1. The van der Waals surface area contributed by atoms with Gasteiger partial charge in [-0.25, -0.2) is 0 Å². The van der Waals surface area contributed by atoms with Crippen LogP contribution in [0.1, 0.15) is 38.2 Å². The Morgan fingerprint density at radius 3 is 2.74 bits per heavy atom. The van der Waals surface area contributed by atoms with Crippen LogP contribution in [0.2, 0.25) is 0 Å². The Hall–Kier alpha value is -1.06. The van der Waals surface area contributed by atoms with Crippen molar-refractivity contribution in [2.24, 2.45) is 0 Å². The van der Waals surface area contributed by atoms with Crippen molar-refractivity contribution in [2.75, 3.05) is 19.7 Å². The van der Waals surface area contributed by atoms with Crippen molar-refractivity contribution in [3.8, 4) is 5.75 Å². The van der Waals surface area contributed by atoms with Gasteiger partial charge >= 0.3 is 0 Å². The van der Waals surface area contributed by atoms with Crippen LogP contribution in [0.15, 0.2) is 24.3 Å². The molecule has 106 valence electrons. The molecule has 1 saturated heterocycles. The van der Waals surface area contributed by atoms with E-state index >= 15 is 0 Å².